The summed E-state index contributed by atoms with van der Waals surface area (Å²) in [6, 6.07) is 9.59. The number of hydrogen-bond donors (Lipinski definition) is 0. The molecule has 0 spiro atoms. The summed E-state index contributed by atoms with van der Waals surface area (Å²) in [6.07, 6.45) is 3.68. The van der Waals surface area contributed by atoms with Gasteiger partial charge in [-0.3, -0.25) is 0 Å². The van der Waals surface area contributed by atoms with Gasteiger partial charge in [0.15, 0.2) is 5.75 Å². The zero-order valence-electron chi connectivity index (χ0n) is 7.15. The SMILES string of the molecule is Brc1cccc(On2cccc2)c1Br. The lowest BCUT2D eigenvalue weighted by Crippen LogP contribution is -2.01. The Morgan fingerprint density at radius 2 is 1.71 bits per heavy atom. The monoisotopic (exact) mass is 315 g/mol. The van der Waals surface area contributed by atoms with Crippen molar-refractivity contribution in [3.63, 3.8) is 0 Å². The Morgan fingerprint density at radius 1 is 1.00 bits per heavy atom. The van der Waals surface area contributed by atoms with Crippen molar-refractivity contribution in [1.82, 2.24) is 4.73 Å². The van der Waals surface area contributed by atoms with Gasteiger partial charge in [-0.2, -0.15) is 4.73 Å². The first-order valence-corrected chi connectivity index (χ1v) is 5.61. The van der Waals surface area contributed by atoms with Crippen LogP contribution in [0.4, 0.5) is 0 Å². The topological polar surface area (TPSA) is 14.2 Å². The molecule has 0 aliphatic carbocycles. The molecule has 1 heterocycles. The fourth-order valence-electron chi connectivity index (χ4n) is 1.05. The fourth-order valence-corrected chi connectivity index (χ4v) is 1.73. The van der Waals surface area contributed by atoms with Crippen LogP contribution in [0.5, 0.6) is 5.75 Å². The predicted octanol–water partition coefficient (Wildman–Crippen LogP) is 3.86. The number of benzene rings is 1. The van der Waals surface area contributed by atoms with Crippen molar-refractivity contribution in [2.75, 3.05) is 0 Å². The van der Waals surface area contributed by atoms with E-state index in [1.165, 1.54) is 0 Å². The highest BCUT2D eigenvalue weighted by Crippen LogP contribution is 2.32. The van der Waals surface area contributed by atoms with Crippen LogP contribution >= 0.6 is 31.9 Å². The van der Waals surface area contributed by atoms with Gasteiger partial charge in [0.25, 0.3) is 0 Å². The molecule has 2 rings (SSSR count). The van der Waals surface area contributed by atoms with Crippen LogP contribution in [0.15, 0.2) is 51.7 Å². The van der Waals surface area contributed by atoms with Gasteiger partial charge in [-0.25, -0.2) is 0 Å². The van der Waals surface area contributed by atoms with Crippen molar-refractivity contribution in [2.24, 2.45) is 0 Å². The number of hydrogen-bond acceptors (Lipinski definition) is 1. The molecule has 0 unspecified atom stereocenters. The summed E-state index contributed by atoms with van der Waals surface area (Å²) in [5.74, 6) is 0.774. The molecule has 0 N–H and O–H groups in total. The van der Waals surface area contributed by atoms with Crippen molar-refractivity contribution >= 4 is 31.9 Å². The van der Waals surface area contributed by atoms with Gasteiger partial charge in [0.05, 0.1) is 4.47 Å². The lowest BCUT2D eigenvalue weighted by molar-refractivity contribution is 0.215. The highest BCUT2D eigenvalue weighted by atomic mass is 79.9. The Morgan fingerprint density at radius 3 is 2.43 bits per heavy atom. The smallest absolute Gasteiger partial charge is 0.171 e. The van der Waals surface area contributed by atoms with Gasteiger partial charge in [-0.05, 0) is 56.1 Å². The van der Waals surface area contributed by atoms with Crippen molar-refractivity contribution in [2.45, 2.75) is 0 Å². The zero-order chi connectivity index (χ0) is 9.97. The fraction of sp³-hybridized carbons (Fsp3) is 0. The first kappa shape index (κ1) is 9.80. The molecule has 2 aromatic rings. The summed E-state index contributed by atoms with van der Waals surface area (Å²) in [5.41, 5.74) is 0. The van der Waals surface area contributed by atoms with Gasteiger partial charge in [-0.1, -0.05) is 6.07 Å². The molecule has 1 aromatic heterocycles. The van der Waals surface area contributed by atoms with Crippen molar-refractivity contribution < 1.29 is 4.84 Å². The van der Waals surface area contributed by atoms with Gasteiger partial charge in [0.1, 0.15) is 0 Å². The van der Waals surface area contributed by atoms with Crippen LogP contribution in [0.2, 0.25) is 0 Å². The molecule has 2 nitrogen and oxygen atoms in total. The summed E-state index contributed by atoms with van der Waals surface area (Å²) < 4.78 is 3.53. The van der Waals surface area contributed by atoms with Gasteiger partial charge >= 0.3 is 0 Å². The van der Waals surface area contributed by atoms with Gasteiger partial charge < -0.3 is 4.84 Å². The molecule has 0 saturated heterocycles. The van der Waals surface area contributed by atoms with Gasteiger partial charge in [0.2, 0.25) is 0 Å². The summed E-state index contributed by atoms with van der Waals surface area (Å²) in [5, 5.41) is 0. The molecule has 1 aromatic carbocycles. The van der Waals surface area contributed by atoms with E-state index >= 15 is 0 Å². The lowest BCUT2D eigenvalue weighted by atomic mass is 10.3. The van der Waals surface area contributed by atoms with Crippen LogP contribution < -0.4 is 4.84 Å². The van der Waals surface area contributed by atoms with Crippen LogP contribution in [0.25, 0.3) is 0 Å². The van der Waals surface area contributed by atoms with Crippen molar-refractivity contribution in [3.8, 4) is 5.75 Å². The van der Waals surface area contributed by atoms with E-state index in [-0.39, 0.29) is 0 Å². The minimum Gasteiger partial charge on any atom is -0.375 e. The molecule has 0 aliphatic rings. The summed E-state index contributed by atoms with van der Waals surface area (Å²) in [7, 11) is 0. The molecule has 0 radical (unpaired) electrons. The molecule has 4 heteroatoms. The number of rotatable bonds is 2. The minimum absolute atomic E-state index is 0.774. The summed E-state index contributed by atoms with van der Waals surface area (Å²) in [6.45, 7) is 0. The first-order valence-electron chi connectivity index (χ1n) is 4.03. The number of halogens is 2. The Bertz CT molecular complexity index is 426. The van der Waals surface area contributed by atoms with Crippen LogP contribution in [0, 0.1) is 0 Å². The third-order valence-electron chi connectivity index (χ3n) is 1.70. The third-order valence-corrected chi connectivity index (χ3v) is 3.71. The van der Waals surface area contributed by atoms with Gasteiger partial charge in [0, 0.05) is 16.9 Å². The Kier molecular flexibility index (Phi) is 2.93. The van der Waals surface area contributed by atoms with E-state index < -0.39 is 0 Å². The first-order chi connectivity index (χ1) is 6.77. The second-order valence-electron chi connectivity index (χ2n) is 2.69. The van der Waals surface area contributed by atoms with E-state index in [9.17, 15) is 0 Å². The Balaban J connectivity index is 2.29. The quantitative estimate of drug-likeness (QED) is 0.820. The second kappa shape index (κ2) is 4.19. The van der Waals surface area contributed by atoms with E-state index in [4.69, 9.17) is 4.84 Å². The molecule has 72 valence electrons. The maximum Gasteiger partial charge on any atom is 0.171 e. The van der Waals surface area contributed by atoms with Crippen LogP contribution in [-0.2, 0) is 0 Å². The number of nitrogens with zero attached hydrogens (tertiary/aromatic N) is 1. The van der Waals surface area contributed by atoms with E-state index in [0.29, 0.717) is 0 Å². The Hall–Kier alpha value is -0.740. The largest absolute Gasteiger partial charge is 0.375 e. The van der Waals surface area contributed by atoms with E-state index in [0.717, 1.165) is 14.7 Å². The third kappa shape index (κ3) is 2.01. The molecule has 0 atom stereocenters. The molecule has 0 bridgehead atoms. The maximum atomic E-state index is 5.57. The normalized spacial score (nSPS) is 10.1. The molecule has 14 heavy (non-hydrogen) atoms. The average molecular weight is 317 g/mol. The van der Waals surface area contributed by atoms with Crippen LogP contribution in [-0.4, -0.2) is 4.73 Å². The number of aromatic nitrogens is 1. The van der Waals surface area contributed by atoms with Crippen molar-refractivity contribution in [3.05, 3.63) is 51.7 Å². The average Bonchev–Trinajstić information content (AvgIpc) is 2.66. The maximum absolute atomic E-state index is 5.57. The predicted molar refractivity (Wildman–Crippen MR) is 62.3 cm³/mol. The van der Waals surface area contributed by atoms with Crippen LogP contribution in [0.1, 0.15) is 0 Å². The van der Waals surface area contributed by atoms with E-state index in [1.54, 1.807) is 4.73 Å². The standard InChI is InChI=1S/C10H7Br2NO/c11-8-4-3-5-9(10(8)12)14-13-6-1-2-7-13/h1-7H. The van der Waals surface area contributed by atoms with Gasteiger partial charge in [-0.15, -0.1) is 0 Å². The minimum atomic E-state index is 0.774. The zero-order valence-corrected chi connectivity index (χ0v) is 10.3. The Labute approximate surface area is 98.7 Å². The highest BCUT2D eigenvalue weighted by Gasteiger charge is 2.04. The molecule has 0 saturated carbocycles. The summed E-state index contributed by atoms with van der Waals surface area (Å²) >= 11 is 6.85. The van der Waals surface area contributed by atoms with E-state index in [1.807, 2.05) is 42.7 Å². The van der Waals surface area contributed by atoms with Crippen LogP contribution in [0.3, 0.4) is 0 Å². The molecule has 0 aliphatic heterocycles. The molecule has 0 amide bonds. The molecular formula is C10H7Br2NO. The molecular weight excluding hydrogens is 310 g/mol. The highest BCUT2D eigenvalue weighted by molar-refractivity contribution is 9.13. The van der Waals surface area contributed by atoms with Crippen molar-refractivity contribution in [1.29, 1.82) is 0 Å². The van der Waals surface area contributed by atoms with E-state index in [2.05, 4.69) is 31.9 Å². The summed E-state index contributed by atoms with van der Waals surface area (Å²) in [4.78, 5) is 5.57. The molecule has 0 fully saturated rings. The second-order valence-corrected chi connectivity index (χ2v) is 4.33. The lowest BCUT2D eigenvalue weighted by Gasteiger charge is -2.08.